The van der Waals surface area contributed by atoms with Crippen LogP contribution in [0.2, 0.25) is 0 Å². The van der Waals surface area contributed by atoms with Gasteiger partial charge in [0.1, 0.15) is 0 Å². The van der Waals surface area contributed by atoms with E-state index < -0.39 is 0 Å². The first-order valence-corrected chi connectivity index (χ1v) is 9.51. The van der Waals surface area contributed by atoms with Crippen molar-refractivity contribution in [3.63, 3.8) is 0 Å². The second-order valence-electron chi connectivity index (χ2n) is 5.29. The molecule has 0 aliphatic heterocycles. The summed E-state index contributed by atoms with van der Waals surface area (Å²) in [5.41, 5.74) is 1.23. The molecule has 0 radical (unpaired) electrons. The van der Waals surface area contributed by atoms with E-state index in [1.54, 1.807) is 12.1 Å². The van der Waals surface area contributed by atoms with E-state index in [4.69, 9.17) is 9.47 Å². The lowest BCUT2D eigenvalue weighted by atomic mass is 10.2. The zero-order valence-electron chi connectivity index (χ0n) is 14.6. The molecule has 0 saturated heterocycles. The minimum atomic E-state index is -0.213. The highest BCUT2D eigenvalue weighted by atomic mass is 79.9. The molecule has 0 saturated carbocycles. The van der Waals surface area contributed by atoms with Crippen LogP contribution in [0.4, 0.5) is 5.69 Å². The average molecular weight is 446 g/mol. The number of nitrogens with one attached hydrogen (secondary N) is 1. The SMILES string of the molecule is COc1cc(OC)nc(Sc2ccccc2C(=O)Nc2ccc(Br)cc2)n1. The van der Waals surface area contributed by atoms with Gasteiger partial charge in [-0.1, -0.05) is 28.1 Å². The maximum absolute atomic E-state index is 12.7. The molecule has 6 nitrogen and oxygen atoms in total. The summed E-state index contributed by atoms with van der Waals surface area (Å²) in [7, 11) is 3.05. The van der Waals surface area contributed by atoms with Gasteiger partial charge in [0.25, 0.3) is 5.91 Å². The first-order valence-electron chi connectivity index (χ1n) is 7.90. The molecule has 0 fully saturated rings. The maximum atomic E-state index is 12.7. The number of hydrogen-bond donors (Lipinski definition) is 1. The second kappa shape index (κ2) is 8.88. The number of halogens is 1. The van der Waals surface area contributed by atoms with Crippen LogP contribution in [0.15, 0.2) is 69.1 Å². The van der Waals surface area contributed by atoms with E-state index in [0.29, 0.717) is 28.2 Å². The van der Waals surface area contributed by atoms with Gasteiger partial charge < -0.3 is 14.8 Å². The topological polar surface area (TPSA) is 73.3 Å². The highest BCUT2D eigenvalue weighted by Crippen LogP contribution is 2.31. The van der Waals surface area contributed by atoms with Gasteiger partial charge in [-0.2, -0.15) is 9.97 Å². The molecule has 1 heterocycles. The van der Waals surface area contributed by atoms with Gasteiger partial charge >= 0.3 is 0 Å². The molecule has 0 unspecified atom stereocenters. The average Bonchev–Trinajstić information content (AvgIpc) is 2.69. The molecular formula is C19H16BrN3O3S. The van der Waals surface area contributed by atoms with E-state index in [0.717, 1.165) is 9.37 Å². The molecule has 1 amide bonds. The zero-order valence-corrected chi connectivity index (χ0v) is 17.0. The second-order valence-corrected chi connectivity index (χ2v) is 7.22. The summed E-state index contributed by atoms with van der Waals surface area (Å²) >= 11 is 4.64. The summed E-state index contributed by atoms with van der Waals surface area (Å²) < 4.78 is 11.3. The summed E-state index contributed by atoms with van der Waals surface area (Å²) in [5, 5.41) is 3.32. The molecule has 0 spiro atoms. The molecule has 3 aromatic rings. The number of ether oxygens (including phenoxy) is 2. The zero-order chi connectivity index (χ0) is 19.2. The minimum absolute atomic E-state index is 0.213. The monoisotopic (exact) mass is 445 g/mol. The molecule has 8 heteroatoms. The third-order valence-corrected chi connectivity index (χ3v) is 4.98. The standard InChI is InChI=1S/C19H16BrN3O3S/c1-25-16-11-17(26-2)23-19(22-16)27-15-6-4-3-5-14(15)18(24)21-13-9-7-12(20)8-10-13/h3-11H,1-2H3,(H,21,24). The lowest BCUT2D eigenvalue weighted by Gasteiger charge is -2.10. The first kappa shape index (κ1) is 19.2. The normalized spacial score (nSPS) is 10.3. The number of benzene rings is 2. The Kier molecular flexibility index (Phi) is 6.31. The highest BCUT2D eigenvalue weighted by molar-refractivity contribution is 9.10. The smallest absolute Gasteiger partial charge is 0.256 e. The van der Waals surface area contributed by atoms with Crippen molar-refractivity contribution in [2.45, 2.75) is 10.1 Å². The fraction of sp³-hybridized carbons (Fsp3) is 0.105. The maximum Gasteiger partial charge on any atom is 0.256 e. The van der Waals surface area contributed by atoms with Crippen LogP contribution >= 0.6 is 27.7 Å². The van der Waals surface area contributed by atoms with Crippen LogP contribution in [0.1, 0.15) is 10.4 Å². The number of nitrogens with zero attached hydrogens (tertiary/aromatic N) is 2. The largest absolute Gasteiger partial charge is 0.481 e. The number of carbonyl (C=O) groups is 1. The lowest BCUT2D eigenvalue weighted by molar-refractivity contribution is 0.102. The van der Waals surface area contributed by atoms with Crippen LogP contribution in [0.5, 0.6) is 11.8 Å². The molecule has 3 rings (SSSR count). The van der Waals surface area contributed by atoms with Crippen molar-refractivity contribution in [1.82, 2.24) is 9.97 Å². The van der Waals surface area contributed by atoms with E-state index in [1.165, 1.54) is 26.0 Å². The Hall–Kier alpha value is -2.58. The molecule has 27 heavy (non-hydrogen) atoms. The van der Waals surface area contributed by atoms with Gasteiger partial charge in [0.05, 0.1) is 25.8 Å². The number of hydrogen-bond acceptors (Lipinski definition) is 6. The summed E-state index contributed by atoms with van der Waals surface area (Å²) in [6, 6.07) is 16.3. The van der Waals surface area contributed by atoms with Crippen molar-refractivity contribution in [2.75, 3.05) is 19.5 Å². The Bertz CT molecular complexity index is 929. The van der Waals surface area contributed by atoms with Gasteiger partial charge in [0.15, 0.2) is 5.16 Å². The van der Waals surface area contributed by atoms with Crippen LogP contribution in [-0.2, 0) is 0 Å². The van der Waals surface area contributed by atoms with Crippen LogP contribution in [0.25, 0.3) is 0 Å². The van der Waals surface area contributed by atoms with Crippen LogP contribution in [0.3, 0.4) is 0 Å². The Morgan fingerprint density at radius 3 is 2.26 bits per heavy atom. The Morgan fingerprint density at radius 2 is 1.63 bits per heavy atom. The molecule has 0 bridgehead atoms. The van der Waals surface area contributed by atoms with E-state index in [1.807, 2.05) is 42.5 Å². The van der Waals surface area contributed by atoms with Gasteiger partial charge in [-0.25, -0.2) is 0 Å². The number of amides is 1. The van der Waals surface area contributed by atoms with E-state index in [2.05, 4.69) is 31.2 Å². The first-order chi connectivity index (χ1) is 13.1. The third-order valence-electron chi connectivity index (χ3n) is 3.51. The third kappa shape index (κ3) is 4.99. The summed E-state index contributed by atoms with van der Waals surface area (Å²) in [6.07, 6.45) is 0. The highest BCUT2D eigenvalue weighted by Gasteiger charge is 2.15. The van der Waals surface area contributed by atoms with Gasteiger partial charge in [-0.05, 0) is 48.2 Å². The quantitative estimate of drug-likeness (QED) is 0.556. The number of aromatic nitrogens is 2. The summed E-state index contributed by atoms with van der Waals surface area (Å²) in [5.74, 6) is 0.567. The molecule has 138 valence electrons. The van der Waals surface area contributed by atoms with Gasteiger partial charge in [0.2, 0.25) is 11.8 Å². The predicted molar refractivity (Wildman–Crippen MR) is 108 cm³/mol. The van der Waals surface area contributed by atoms with Crippen molar-refractivity contribution in [3.05, 3.63) is 64.6 Å². The minimum Gasteiger partial charge on any atom is -0.481 e. The van der Waals surface area contributed by atoms with E-state index >= 15 is 0 Å². The van der Waals surface area contributed by atoms with Crippen LogP contribution in [-0.4, -0.2) is 30.1 Å². The van der Waals surface area contributed by atoms with Crippen LogP contribution in [0, 0.1) is 0 Å². The molecular weight excluding hydrogens is 430 g/mol. The number of rotatable bonds is 6. The fourth-order valence-corrected chi connectivity index (χ4v) is 3.36. The molecule has 0 atom stereocenters. The number of methoxy groups -OCH3 is 2. The van der Waals surface area contributed by atoms with Crippen molar-refractivity contribution in [3.8, 4) is 11.8 Å². The number of anilines is 1. The van der Waals surface area contributed by atoms with Crippen LogP contribution < -0.4 is 14.8 Å². The number of carbonyl (C=O) groups excluding carboxylic acids is 1. The molecule has 0 aliphatic rings. The van der Waals surface area contributed by atoms with E-state index in [-0.39, 0.29) is 5.91 Å². The van der Waals surface area contributed by atoms with Crippen molar-refractivity contribution in [2.24, 2.45) is 0 Å². The Balaban J connectivity index is 1.85. The summed E-state index contributed by atoms with van der Waals surface area (Å²) in [4.78, 5) is 22.1. The van der Waals surface area contributed by atoms with E-state index in [9.17, 15) is 4.79 Å². The van der Waals surface area contributed by atoms with Crippen molar-refractivity contribution >= 4 is 39.3 Å². The van der Waals surface area contributed by atoms with Crippen molar-refractivity contribution in [1.29, 1.82) is 0 Å². The molecule has 1 aromatic heterocycles. The predicted octanol–water partition coefficient (Wildman–Crippen LogP) is 4.66. The van der Waals surface area contributed by atoms with Gasteiger partial charge in [-0.3, -0.25) is 4.79 Å². The molecule has 1 N–H and O–H groups in total. The Labute approximate surface area is 169 Å². The van der Waals surface area contributed by atoms with Gasteiger partial charge in [0, 0.05) is 15.1 Å². The lowest BCUT2D eigenvalue weighted by Crippen LogP contribution is -2.13. The fourth-order valence-electron chi connectivity index (χ4n) is 2.21. The summed E-state index contributed by atoms with van der Waals surface area (Å²) in [6.45, 7) is 0. The Morgan fingerprint density at radius 1 is 1.00 bits per heavy atom. The van der Waals surface area contributed by atoms with Crippen molar-refractivity contribution < 1.29 is 14.3 Å². The molecule has 0 aliphatic carbocycles. The van der Waals surface area contributed by atoms with Gasteiger partial charge in [-0.15, -0.1) is 0 Å². The molecule has 2 aromatic carbocycles.